The molecule has 1 heterocycles. The molecule has 0 unspecified atom stereocenters. The van der Waals surface area contributed by atoms with Crippen LogP contribution in [0.3, 0.4) is 0 Å². The minimum absolute atomic E-state index is 0.0848. The molecule has 1 fully saturated rings. The van der Waals surface area contributed by atoms with Crippen molar-refractivity contribution in [2.75, 3.05) is 16.8 Å². The maximum absolute atomic E-state index is 13.1. The molecule has 1 saturated carbocycles. The van der Waals surface area contributed by atoms with Crippen molar-refractivity contribution in [3.05, 3.63) is 72.4 Å². The molecular formula is C22H25F2N5O2. The smallest absolute Gasteiger partial charge is 0.211 e. The Hall–Kier alpha value is -3.72. The third-order valence-corrected chi connectivity index (χ3v) is 4.07. The van der Waals surface area contributed by atoms with Crippen LogP contribution in [-0.2, 0) is 4.79 Å². The second kappa shape index (κ2) is 10.9. The summed E-state index contributed by atoms with van der Waals surface area (Å²) in [4.78, 5) is 13.7. The second-order valence-corrected chi connectivity index (χ2v) is 7.12. The first kappa shape index (κ1) is 23.6. The van der Waals surface area contributed by atoms with E-state index in [0.717, 1.165) is 0 Å². The van der Waals surface area contributed by atoms with E-state index in [0.29, 0.717) is 29.4 Å². The number of rotatable bonds is 4. The molecule has 3 aromatic rings. The molecule has 0 aliphatic heterocycles. The van der Waals surface area contributed by atoms with E-state index in [1.165, 1.54) is 55.4 Å². The molecule has 7 N–H and O–H groups in total. The number of anilines is 3. The predicted octanol–water partition coefficient (Wildman–Crippen LogP) is 4.07. The van der Waals surface area contributed by atoms with Gasteiger partial charge in [0.05, 0.1) is 5.69 Å². The number of hydrogen-bond acceptors (Lipinski definition) is 6. The Labute approximate surface area is 179 Å². The molecule has 0 atom stereocenters. The second-order valence-electron chi connectivity index (χ2n) is 7.12. The van der Waals surface area contributed by atoms with E-state index in [4.69, 9.17) is 21.9 Å². The highest BCUT2D eigenvalue weighted by Gasteiger charge is 2.31. The lowest BCUT2D eigenvalue weighted by atomic mass is 10.3. The van der Waals surface area contributed by atoms with E-state index >= 15 is 0 Å². The van der Waals surface area contributed by atoms with Gasteiger partial charge in [-0.3, -0.25) is 4.79 Å². The van der Waals surface area contributed by atoms with Gasteiger partial charge in [-0.2, -0.15) is 0 Å². The van der Waals surface area contributed by atoms with Crippen LogP contribution in [0.4, 0.5) is 26.0 Å². The van der Waals surface area contributed by atoms with Gasteiger partial charge >= 0.3 is 0 Å². The van der Waals surface area contributed by atoms with Crippen LogP contribution in [0.2, 0.25) is 0 Å². The number of nitrogens with zero attached hydrogens (tertiary/aromatic N) is 1. The van der Waals surface area contributed by atoms with Crippen molar-refractivity contribution in [2.45, 2.75) is 25.3 Å². The third-order valence-electron chi connectivity index (χ3n) is 4.07. The van der Waals surface area contributed by atoms with Crippen molar-refractivity contribution < 1.29 is 18.3 Å². The number of nitrogens with one attached hydrogen (secondary N) is 1. The van der Waals surface area contributed by atoms with Gasteiger partial charge in [-0.25, -0.2) is 13.8 Å². The van der Waals surface area contributed by atoms with Crippen LogP contribution in [0, 0.1) is 11.6 Å². The molecule has 1 aromatic heterocycles. The zero-order valence-corrected chi connectivity index (χ0v) is 17.0. The normalized spacial score (nSPS) is 12.9. The van der Waals surface area contributed by atoms with Crippen LogP contribution in [0.15, 0.2) is 60.8 Å². The number of hydrogen-bond donors (Lipinski definition) is 4. The van der Waals surface area contributed by atoms with Gasteiger partial charge in [0.2, 0.25) is 6.41 Å². The average Bonchev–Trinajstić information content (AvgIpc) is 3.42. The van der Waals surface area contributed by atoms with Gasteiger partial charge < -0.3 is 27.3 Å². The van der Waals surface area contributed by atoms with Gasteiger partial charge in [0.1, 0.15) is 29.0 Å². The first-order valence-electron chi connectivity index (χ1n) is 9.37. The highest BCUT2D eigenvalue weighted by atomic mass is 19.1. The zero-order valence-electron chi connectivity index (χ0n) is 17.0. The first-order chi connectivity index (χ1) is 14.7. The summed E-state index contributed by atoms with van der Waals surface area (Å²) in [6, 6.07) is 13.0. The summed E-state index contributed by atoms with van der Waals surface area (Å²) in [5.41, 5.74) is 17.2. The molecule has 1 amide bonds. The minimum atomic E-state index is -0.514. The number of pyridine rings is 1. The molecule has 0 saturated heterocycles. The molecular weight excluding hydrogens is 404 g/mol. The van der Waals surface area contributed by atoms with Crippen LogP contribution < -0.4 is 27.3 Å². The summed E-state index contributed by atoms with van der Waals surface area (Å²) in [5.74, 6) is 0.373. The number of ether oxygens (including phenoxy) is 1. The van der Waals surface area contributed by atoms with Gasteiger partial charge in [-0.05, 0) is 62.2 Å². The number of amides is 1. The Balaban J connectivity index is 0.000000192. The standard InChI is InChI=1S/C11H10FN3O.C7H6FNO.C4H9N/c12-9-5-7(1-2-10(9)13)16-8-3-4-15-11(14)6-8;8-6-1-3-7(4-2-6)9-5-10;1-4(5)2-3-4/h1-6H,13H2,(H2,14,15);1-5H,(H,9,10);2-3,5H2,1H3. The van der Waals surface area contributed by atoms with E-state index in [-0.39, 0.29) is 17.0 Å². The van der Waals surface area contributed by atoms with Gasteiger partial charge in [0, 0.05) is 29.6 Å². The average molecular weight is 429 g/mol. The fourth-order valence-electron chi connectivity index (χ4n) is 2.01. The van der Waals surface area contributed by atoms with E-state index < -0.39 is 5.82 Å². The van der Waals surface area contributed by atoms with E-state index in [1.54, 1.807) is 18.2 Å². The topological polar surface area (TPSA) is 129 Å². The molecule has 164 valence electrons. The van der Waals surface area contributed by atoms with Crippen LogP contribution in [0.5, 0.6) is 11.5 Å². The summed E-state index contributed by atoms with van der Waals surface area (Å²) < 4.78 is 30.7. The maximum Gasteiger partial charge on any atom is 0.211 e. The van der Waals surface area contributed by atoms with Gasteiger partial charge in [-0.15, -0.1) is 0 Å². The van der Waals surface area contributed by atoms with Crippen LogP contribution in [-0.4, -0.2) is 16.9 Å². The van der Waals surface area contributed by atoms with Crippen molar-refractivity contribution in [1.82, 2.24) is 4.98 Å². The molecule has 1 aliphatic rings. The fraction of sp³-hybridized carbons (Fsp3) is 0.182. The summed E-state index contributed by atoms with van der Waals surface area (Å²) in [6.45, 7) is 2.08. The Morgan fingerprint density at radius 1 is 1.03 bits per heavy atom. The lowest BCUT2D eigenvalue weighted by molar-refractivity contribution is -0.105. The van der Waals surface area contributed by atoms with Crippen LogP contribution in [0.1, 0.15) is 19.8 Å². The van der Waals surface area contributed by atoms with Crippen molar-refractivity contribution in [3.8, 4) is 11.5 Å². The summed E-state index contributed by atoms with van der Waals surface area (Å²) in [6.07, 6.45) is 4.52. The Morgan fingerprint density at radius 2 is 1.65 bits per heavy atom. The number of nitrogens with two attached hydrogens (primary N) is 3. The van der Waals surface area contributed by atoms with E-state index in [1.807, 2.05) is 0 Å². The molecule has 0 spiro atoms. The number of nitrogen functional groups attached to an aromatic ring is 2. The Morgan fingerprint density at radius 3 is 2.16 bits per heavy atom. The molecule has 7 nitrogen and oxygen atoms in total. The Kier molecular flexibility index (Phi) is 8.27. The third kappa shape index (κ3) is 9.09. The zero-order chi connectivity index (χ0) is 22.9. The van der Waals surface area contributed by atoms with E-state index in [9.17, 15) is 13.6 Å². The molecule has 1 aliphatic carbocycles. The van der Waals surface area contributed by atoms with Crippen molar-refractivity contribution in [3.63, 3.8) is 0 Å². The number of carbonyl (C=O) groups excluding carboxylic acids is 1. The largest absolute Gasteiger partial charge is 0.457 e. The number of carbonyl (C=O) groups is 1. The van der Waals surface area contributed by atoms with Crippen molar-refractivity contribution in [1.29, 1.82) is 0 Å². The summed E-state index contributed by atoms with van der Waals surface area (Å²) >= 11 is 0. The Bertz CT molecular complexity index is 991. The lowest BCUT2D eigenvalue weighted by Gasteiger charge is -2.06. The fourth-order valence-corrected chi connectivity index (χ4v) is 2.01. The van der Waals surface area contributed by atoms with Gasteiger partial charge in [0.25, 0.3) is 0 Å². The van der Waals surface area contributed by atoms with Crippen LogP contribution >= 0.6 is 0 Å². The number of benzene rings is 2. The monoisotopic (exact) mass is 429 g/mol. The minimum Gasteiger partial charge on any atom is -0.457 e. The number of halogens is 2. The predicted molar refractivity (Wildman–Crippen MR) is 117 cm³/mol. The summed E-state index contributed by atoms with van der Waals surface area (Å²) in [7, 11) is 0. The molecule has 0 radical (unpaired) electrons. The highest BCUT2D eigenvalue weighted by molar-refractivity contribution is 5.70. The van der Waals surface area contributed by atoms with E-state index in [2.05, 4.69) is 17.2 Å². The quantitative estimate of drug-likeness (QED) is 0.365. The maximum atomic E-state index is 13.1. The van der Waals surface area contributed by atoms with Gasteiger partial charge in [0.15, 0.2) is 0 Å². The van der Waals surface area contributed by atoms with Crippen LogP contribution in [0.25, 0.3) is 0 Å². The van der Waals surface area contributed by atoms with Gasteiger partial charge in [-0.1, -0.05) is 0 Å². The molecule has 4 rings (SSSR count). The molecule has 9 heteroatoms. The van der Waals surface area contributed by atoms with Crippen molar-refractivity contribution >= 4 is 23.6 Å². The number of aromatic nitrogens is 1. The molecule has 2 aromatic carbocycles. The summed E-state index contributed by atoms with van der Waals surface area (Å²) in [5, 5.41) is 2.39. The SMILES string of the molecule is CC1(N)CC1.Nc1cc(Oc2ccc(N)c(F)c2)ccn1.O=CNc1ccc(F)cc1. The first-order valence-corrected chi connectivity index (χ1v) is 9.37. The molecule has 0 bridgehead atoms. The van der Waals surface area contributed by atoms with Crippen molar-refractivity contribution in [2.24, 2.45) is 5.73 Å². The molecule has 31 heavy (non-hydrogen) atoms. The highest BCUT2D eigenvalue weighted by Crippen LogP contribution is 2.30. The lowest BCUT2D eigenvalue weighted by Crippen LogP contribution is -2.14.